The van der Waals surface area contributed by atoms with Crippen LogP contribution < -0.4 is 10.6 Å². The first kappa shape index (κ1) is 10.9. The molecule has 0 atom stereocenters. The number of nitrogens with zero attached hydrogens (tertiary/aromatic N) is 1. The van der Waals surface area contributed by atoms with Crippen LogP contribution in [0.15, 0.2) is 12.1 Å². The Kier molecular flexibility index (Phi) is 3.24. The van der Waals surface area contributed by atoms with Crippen molar-refractivity contribution in [3.63, 3.8) is 0 Å². The summed E-state index contributed by atoms with van der Waals surface area (Å²) in [6.45, 7) is 3.03. The van der Waals surface area contributed by atoms with Gasteiger partial charge in [0.05, 0.1) is 28.9 Å². The molecule has 0 spiro atoms. The van der Waals surface area contributed by atoms with Crippen LogP contribution in [-0.4, -0.2) is 26.3 Å². The molecule has 1 saturated heterocycles. The molecule has 0 radical (unpaired) electrons. The molecular formula is C10H12Cl2N2O. The number of ether oxygens (including phenoxy) is 1. The largest absolute Gasteiger partial charge is 0.399 e. The first-order chi connectivity index (χ1) is 7.18. The number of hydrogen-bond donors (Lipinski definition) is 1. The van der Waals surface area contributed by atoms with E-state index >= 15 is 0 Å². The molecule has 2 N–H and O–H groups in total. The number of anilines is 2. The van der Waals surface area contributed by atoms with Crippen LogP contribution in [0.5, 0.6) is 0 Å². The predicted molar refractivity (Wildman–Crippen MR) is 63.9 cm³/mol. The third kappa shape index (κ3) is 2.30. The number of morpholine rings is 1. The number of nitrogens with two attached hydrogens (primary N) is 1. The standard InChI is InChI=1S/C10H12Cl2N2O/c11-8-5-7(13)6-9(12)10(8)14-1-3-15-4-2-14/h5-6H,1-4,13H2. The summed E-state index contributed by atoms with van der Waals surface area (Å²) < 4.78 is 5.27. The maximum Gasteiger partial charge on any atom is 0.0748 e. The molecule has 1 aromatic carbocycles. The number of hydrogen-bond acceptors (Lipinski definition) is 3. The van der Waals surface area contributed by atoms with Crippen LogP contribution >= 0.6 is 23.2 Å². The van der Waals surface area contributed by atoms with Crippen molar-refractivity contribution in [3.8, 4) is 0 Å². The van der Waals surface area contributed by atoms with E-state index in [9.17, 15) is 0 Å². The van der Waals surface area contributed by atoms with Crippen LogP contribution in [0.3, 0.4) is 0 Å². The second kappa shape index (κ2) is 4.47. The Bertz CT molecular complexity index is 341. The number of nitrogen functional groups attached to an aromatic ring is 1. The summed E-state index contributed by atoms with van der Waals surface area (Å²) in [6, 6.07) is 3.44. The summed E-state index contributed by atoms with van der Waals surface area (Å²) in [5.41, 5.74) is 7.09. The number of benzene rings is 1. The van der Waals surface area contributed by atoms with E-state index in [4.69, 9.17) is 33.7 Å². The summed E-state index contributed by atoms with van der Waals surface area (Å²) in [5.74, 6) is 0. The molecule has 0 saturated carbocycles. The zero-order chi connectivity index (χ0) is 10.8. The Balaban J connectivity index is 2.33. The lowest BCUT2D eigenvalue weighted by molar-refractivity contribution is 0.122. The Labute approximate surface area is 98.7 Å². The molecule has 15 heavy (non-hydrogen) atoms. The summed E-state index contributed by atoms with van der Waals surface area (Å²) >= 11 is 12.2. The van der Waals surface area contributed by atoms with Gasteiger partial charge in [0, 0.05) is 18.8 Å². The van der Waals surface area contributed by atoms with Crippen molar-refractivity contribution in [2.75, 3.05) is 36.9 Å². The van der Waals surface area contributed by atoms with E-state index in [0.29, 0.717) is 28.9 Å². The van der Waals surface area contributed by atoms with E-state index in [1.54, 1.807) is 12.1 Å². The molecule has 1 aliphatic heterocycles. The lowest BCUT2D eigenvalue weighted by Crippen LogP contribution is -2.36. The van der Waals surface area contributed by atoms with Gasteiger partial charge in [-0.05, 0) is 12.1 Å². The highest BCUT2D eigenvalue weighted by Gasteiger charge is 2.17. The van der Waals surface area contributed by atoms with Gasteiger partial charge in [0.25, 0.3) is 0 Å². The third-order valence-corrected chi connectivity index (χ3v) is 2.94. The normalized spacial score (nSPS) is 16.8. The highest BCUT2D eigenvalue weighted by Crippen LogP contribution is 2.36. The first-order valence-corrected chi connectivity index (χ1v) is 5.51. The van der Waals surface area contributed by atoms with E-state index in [0.717, 1.165) is 18.8 Å². The molecule has 1 fully saturated rings. The quantitative estimate of drug-likeness (QED) is 0.774. The van der Waals surface area contributed by atoms with Crippen LogP contribution in [0.1, 0.15) is 0 Å². The first-order valence-electron chi connectivity index (χ1n) is 4.75. The zero-order valence-electron chi connectivity index (χ0n) is 8.17. The van der Waals surface area contributed by atoms with Crippen molar-refractivity contribution in [1.29, 1.82) is 0 Å². The lowest BCUT2D eigenvalue weighted by Gasteiger charge is -2.30. The minimum atomic E-state index is 0.585. The predicted octanol–water partition coefficient (Wildman–Crippen LogP) is 2.41. The van der Waals surface area contributed by atoms with E-state index in [2.05, 4.69) is 4.90 Å². The van der Waals surface area contributed by atoms with Crippen LogP contribution in [-0.2, 0) is 4.74 Å². The van der Waals surface area contributed by atoms with E-state index in [1.807, 2.05) is 0 Å². The smallest absolute Gasteiger partial charge is 0.0748 e. The van der Waals surface area contributed by atoms with Crippen LogP contribution in [0, 0.1) is 0 Å². The minimum absolute atomic E-state index is 0.585. The topological polar surface area (TPSA) is 38.5 Å². The van der Waals surface area contributed by atoms with Crippen LogP contribution in [0.4, 0.5) is 11.4 Å². The maximum absolute atomic E-state index is 6.12. The van der Waals surface area contributed by atoms with Gasteiger partial charge in [-0.15, -0.1) is 0 Å². The molecule has 2 rings (SSSR count). The SMILES string of the molecule is Nc1cc(Cl)c(N2CCOCC2)c(Cl)c1. The van der Waals surface area contributed by atoms with Crippen molar-refractivity contribution in [2.45, 2.75) is 0 Å². The van der Waals surface area contributed by atoms with Crippen molar-refractivity contribution >= 4 is 34.6 Å². The molecule has 82 valence electrons. The van der Waals surface area contributed by atoms with Crippen molar-refractivity contribution in [2.24, 2.45) is 0 Å². The monoisotopic (exact) mass is 246 g/mol. The fourth-order valence-electron chi connectivity index (χ4n) is 1.67. The summed E-state index contributed by atoms with van der Waals surface area (Å²) in [6.07, 6.45) is 0. The van der Waals surface area contributed by atoms with Gasteiger partial charge in [-0.1, -0.05) is 23.2 Å². The van der Waals surface area contributed by atoms with Gasteiger partial charge >= 0.3 is 0 Å². The highest BCUT2D eigenvalue weighted by atomic mass is 35.5. The highest BCUT2D eigenvalue weighted by molar-refractivity contribution is 6.39. The summed E-state index contributed by atoms with van der Waals surface area (Å²) in [5, 5.41) is 1.20. The molecule has 0 aliphatic carbocycles. The Morgan fingerprint density at radius 1 is 1.13 bits per heavy atom. The third-order valence-electron chi connectivity index (χ3n) is 2.37. The second-order valence-corrected chi connectivity index (χ2v) is 4.25. The van der Waals surface area contributed by atoms with Gasteiger partial charge in [-0.2, -0.15) is 0 Å². The maximum atomic E-state index is 6.12. The number of halogens is 2. The molecule has 1 heterocycles. The molecule has 1 aromatic rings. The van der Waals surface area contributed by atoms with Gasteiger partial charge in [-0.3, -0.25) is 0 Å². The zero-order valence-corrected chi connectivity index (χ0v) is 9.68. The van der Waals surface area contributed by atoms with Gasteiger partial charge in [0.2, 0.25) is 0 Å². The van der Waals surface area contributed by atoms with Gasteiger partial charge < -0.3 is 15.4 Å². The van der Waals surface area contributed by atoms with Gasteiger partial charge in [0.1, 0.15) is 0 Å². The fraction of sp³-hybridized carbons (Fsp3) is 0.400. The minimum Gasteiger partial charge on any atom is -0.399 e. The van der Waals surface area contributed by atoms with Crippen LogP contribution in [0.2, 0.25) is 10.0 Å². The Hall–Kier alpha value is -0.640. The Morgan fingerprint density at radius 2 is 1.67 bits per heavy atom. The van der Waals surface area contributed by atoms with E-state index in [1.165, 1.54) is 0 Å². The van der Waals surface area contributed by atoms with Crippen molar-refractivity contribution in [1.82, 2.24) is 0 Å². The average Bonchev–Trinajstić information content (AvgIpc) is 2.17. The molecule has 0 aromatic heterocycles. The molecule has 3 nitrogen and oxygen atoms in total. The second-order valence-electron chi connectivity index (χ2n) is 3.43. The van der Waals surface area contributed by atoms with Crippen molar-refractivity contribution < 1.29 is 4.74 Å². The summed E-state index contributed by atoms with van der Waals surface area (Å²) in [4.78, 5) is 2.12. The summed E-state index contributed by atoms with van der Waals surface area (Å²) in [7, 11) is 0. The van der Waals surface area contributed by atoms with E-state index < -0.39 is 0 Å². The molecule has 0 unspecified atom stereocenters. The average molecular weight is 247 g/mol. The Morgan fingerprint density at radius 3 is 2.20 bits per heavy atom. The molecule has 5 heteroatoms. The fourth-order valence-corrected chi connectivity index (χ4v) is 2.42. The molecule has 0 amide bonds. The van der Waals surface area contributed by atoms with Gasteiger partial charge in [-0.25, -0.2) is 0 Å². The molecule has 0 bridgehead atoms. The molecular weight excluding hydrogens is 235 g/mol. The van der Waals surface area contributed by atoms with E-state index in [-0.39, 0.29) is 0 Å². The van der Waals surface area contributed by atoms with Crippen LogP contribution in [0.25, 0.3) is 0 Å². The van der Waals surface area contributed by atoms with Gasteiger partial charge in [0.15, 0.2) is 0 Å². The van der Waals surface area contributed by atoms with Crippen molar-refractivity contribution in [3.05, 3.63) is 22.2 Å². The number of rotatable bonds is 1. The molecule has 1 aliphatic rings. The lowest BCUT2D eigenvalue weighted by atomic mass is 10.2.